The Bertz CT molecular complexity index is 530. The van der Waals surface area contributed by atoms with Gasteiger partial charge in [-0.05, 0) is 59.2 Å². The van der Waals surface area contributed by atoms with Crippen LogP contribution < -0.4 is 10.6 Å². The molecule has 0 saturated carbocycles. The maximum absolute atomic E-state index is 11.9. The van der Waals surface area contributed by atoms with Crippen molar-refractivity contribution in [1.29, 1.82) is 0 Å². The van der Waals surface area contributed by atoms with Gasteiger partial charge in [0.2, 0.25) is 0 Å². The number of hydrogen-bond donors (Lipinski definition) is 4. The number of carbonyl (C=O) groups excluding carboxylic acids is 1. The SMILES string of the molecule is CC(NCC(C)(C)NC(=O)OC(C)(C)C)c1cc(O)cc(O)c1. The van der Waals surface area contributed by atoms with Crippen molar-refractivity contribution in [2.45, 2.75) is 58.7 Å². The molecule has 0 aliphatic carbocycles. The molecule has 0 aromatic heterocycles. The fourth-order valence-corrected chi connectivity index (χ4v) is 2.02. The lowest BCUT2D eigenvalue weighted by atomic mass is 10.0. The molecule has 0 fully saturated rings. The maximum Gasteiger partial charge on any atom is 0.408 e. The zero-order valence-electron chi connectivity index (χ0n) is 14.7. The number of nitrogens with one attached hydrogen (secondary N) is 2. The van der Waals surface area contributed by atoms with Crippen molar-refractivity contribution in [1.82, 2.24) is 10.6 Å². The number of benzene rings is 1. The second-order valence-corrected chi connectivity index (χ2v) is 7.40. The van der Waals surface area contributed by atoms with Crippen LogP contribution in [0.5, 0.6) is 11.5 Å². The number of alkyl carbamates (subject to hydrolysis) is 1. The predicted octanol–water partition coefficient (Wildman–Crippen LogP) is 3.05. The van der Waals surface area contributed by atoms with Crippen LogP contribution in [0, 0.1) is 0 Å². The van der Waals surface area contributed by atoms with Crippen molar-refractivity contribution < 1.29 is 19.7 Å². The summed E-state index contributed by atoms with van der Waals surface area (Å²) < 4.78 is 5.25. The van der Waals surface area contributed by atoms with Gasteiger partial charge < -0.3 is 25.6 Å². The third kappa shape index (κ3) is 7.23. The van der Waals surface area contributed by atoms with E-state index < -0.39 is 17.2 Å². The number of aromatic hydroxyl groups is 2. The van der Waals surface area contributed by atoms with E-state index in [2.05, 4.69) is 10.6 Å². The summed E-state index contributed by atoms with van der Waals surface area (Å²) >= 11 is 0. The Morgan fingerprint density at radius 2 is 1.65 bits per heavy atom. The van der Waals surface area contributed by atoms with Crippen LogP contribution in [-0.2, 0) is 4.74 Å². The summed E-state index contributed by atoms with van der Waals surface area (Å²) in [5, 5.41) is 25.2. The smallest absolute Gasteiger partial charge is 0.408 e. The first kappa shape index (κ1) is 19.1. The topological polar surface area (TPSA) is 90.8 Å². The molecule has 0 saturated heterocycles. The first-order valence-corrected chi connectivity index (χ1v) is 7.65. The van der Waals surface area contributed by atoms with Crippen molar-refractivity contribution in [3.63, 3.8) is 0 Å². The standard InChI is InChI=1S/C17H28N2O4/c1-11(12-7-13(20)9-14(21)8-12)18-10-17(5,6)19-15(22)23-16(2,3)4/h7-9,11,18,20-21H,10H2,1-6H3,(H,19,22). The van der Waals surface area contributed by atoms with Gasteiger partial charge in [-0.1, -0.05) is 0 Å². The van der Waals surface area contributed by atoms with Crippen LogP contribution in [0.2, 0.25) is 0 Å². The molecule has 1 aromatic carbocycles. The first-order chi connectivity index (χ1) is 10.4. The number of amides is 1. The van der Waals surface area contributed by atoms with Gasteiger partial charge in [0.25, 0.3) is 0 Å². The molecule has 130 valence electrons. The monoisotopic (exact) mass is 324 g/mol. The summed E-state index contributed by atoms with van der Waals surface area (Å²) in [5.41, 5.74) is -0.300. The van der Waals surface area contributed by atoms with E-state index in [1.54, 1.807) is 12.1 Å². The molecule has 0 spiro atoms. The average molecular weight is 324 g/mol. The number of carbonyl (C=O) groups is 1. The molecule has 1 amide bonds. The quantitative estimate of drug-likeness (QED) is 0.668. The van der Waals surface area contributed by atoms with Crippen molar-refractivity contribution in [2.75, 3.05) is 6.54 Å². The van der Waals surface area contributed by atoms with Gasteiger partial charge in [-0.25, -0.2) is 4.79 Å². The molecule has 1 atom stereocenters. The summed E-state index contributed by atoms with van der Waals surface area (Å²) in [7, 11) is 0. The van der Waals surface area contributed by atoms with Gasteiger partial charge in [0, 0.05) is 18.7 Å². The molecule has 0 heterocycles. The van der Waals surface area contributed by atoms with Crippen LogP contribution in [-0.4, -0.2) is 34.0 Å². The Hall–Kier alpha value is -1.95. The Morgan fingerprint density at radius 3 is 2.13 bits per heavy atom. The van der Waals surface area contributed by atoms with E-state index in [0.29, 0.717) is 6.54 Å². The van der Waals surface area contributed by atoms with Gasteiger partial charge in [-0.2, -0.15) is 0 Å². The second-order valence-electron chi connectivity index (χ2n) is 7.40. The summed E-state index contributed by atoms with van der Waals surface area (Å²) in [6.07, 6.45) is -0.466. The lowest BCUT2D eigenvalue weighted by molar-refractivity contribution is 0.0471. The van der Waals surface area contributed by atoms with Crippen LogP contribution in [0.15, 0.2) is 18.2 Å². The van der Waals surface area contributed by atoms with Gasteiger partial charge in [0.1, 0.15) is 17.1 Å². The highest BCUT2D eigenvalue weighted by molar-refractivity contribution is 5.68. The number of rotatable bonds is 5. The number of ether oxygens (including phenoxy) is 1. The van der Waals surface area contributed by atoms with Gasteiger partial charge in [0.15, 0.2) is 0 Å². The fraction of sp³-hybridized carbons (Fsp3) is 0.588. The number of phenols is 2. The normalized spacial score (nSPS) is 13.5. The Balaban J connectivity index is 2.59. The molecule has 1 unspecified atom stereocenters. The van der Waals surface area contributed by atoms with Crippen LogP contribution in [0.25, 0.3) is 0 Å². The van der Waals surface area contributed by atoms with E-state index >= 15 is 0 Å². The van der Waals surface area contributed by atoms with Crippen molar-refractivity contribution in [3.05, 3.63) is 23.8 Å². The Labute approximate surface area is 137 Å². The van der Waals surface area contributed by atoms with Crippen LogP contribution >= 0.6 is 0 Å². The predicted molar refractivity (Wildman–Crippen MR) is 89.6 cm³/mol. The average Bonchev–Trinajstić information content (AvgIpc) is 2.31. The van der Waals surface area contributed by atoms with E-state index in [-0.39, 0.29) is 17.5 Å². The lowest BCUT2D eigenvalue weighted by Crippen LogP contribution is -2.51. The molecule has 0 aliphatic heterocycles. The molecule has 1 aromatic rings. The van der Waals surface area contributed by atoms with Crippen molar-refractivity contribution >= 4 is 6.09 Å². The van der Waals surface area contributed by atoms with E-state index in [4.69, 9.17) is 4.74 Å². The third-order valence-corrected chi connectivity index (χ3v) is 3.11. The first-order valence-electron chi connectivity index (χ1n) is 7.65. The highest BCUT2D eigenvalue weighted by Gasteiger charge is 2.25. The molecule has 6 nitrogen and oxygen atoms in total. The van der Waals surface area contributed by atoms with Crippen molar-refractivity contribution in [2.24, 2.45) is 0 Å². The molecule has 4 N–H and O–H groups in total. The highest BCUT2D eigenvalue weighted by Crippen LogP contribution is 2.24. The van der Waals surface area contributed by atoms with Crippen molar-refractivity contribution in [3.8, 4) is 11.5 Å². The molecule has 6 heteroatoms. The van der Waals surface area contributed by atoms with Crippen LogP contribution in [0.3, 0.4) is 0 Å². The van der Waals surface area contributed by atoms with Crippen LogP contribution in [0.4, 0.5) is 4.79 Å². The van der Waals surface area contributed by atoms with Gasteiger partial charge >= 0.3 is 6.09 Å². The number of hydrogen-bond acceptors (Lipinski definition) is 5. The fourth-order valence-electron chi connectivity index (χ4n) is 2.02. The Kier molecular flexibility index (Phi) is 5.88. The molecule has 0 bridgehead atoms. The Morgan fingerprint density at radius 1 is 1.13 bits per heavy atom. The van der Waals surface area contributed by atoms with E-state index in [9.17, 15) is 15.0 Å². The van der Waals surface area contributed by atoms with Crippen LogP contribution in [0.1, 0.15) is 53.1 Å². The van der Waals surface area contributed by atoms with E-state index in [0.717, 1.165) is 5.56 Å². The minimum atomic E-state index is -0.542. The maximum atomic E-state index is 11.9. The second kappa shape index (κ2) is 7.08. The third-order valence-electron chi connectivity index (χ3n) is 3.11. The minimum Gasteiger partial charge on any atom is -0.508 e. The molecule has 1 rings (SSSR count). The molecular weight excluding hydrogens is 296 g/mol. The molecule has 0 aliphatic rings. The van der Waals surface area contributed by atoms with Gasteiger partial charge in [-0.3, -0.25) is 0 Å². The lowest BCUT2D eigenvalue weighted by Gasteiger charge is -2.30. The molecular formula is C17H28N2O4. The van der Waals surface area contributed by atoms with E-state index in [1.165, 1.54) is 6.07 Å². The summed E-state index contributed by atoms with van der Waals surface area (Å²) in [6.45, 7) is 11.6. The van der Waals surface area contributed by atoms with Gasteiger partial charge in [-0.15, -0.1) is 0 Å². The summed E-state index contributed by atoms with van der Waals surface area (Å²) in [6, 6.07) is 4.36. The largest absolute Gasteiger partial charge is 0.508 e. The summed E-state index contributed by atoms with van der Waals surface area (Å²) in [4.78, 5) is 11.9. The minimum absolute atomic E-state index is 0.0137. The zero-order valence-corrected chi connectivity index (χ0v) is 14.7. The van der Waals surface area contributed by atoms with Gasteiger partial charge in [0.05, 0.1) is 5.54 Å². The highest BCUT2D eigenvalue weighted by atomic mass is 16.6. The zero-order chi connectivity index (χ0) is 17.8. The molecule has 0 radical (unpaired) electrons. The molecule has 23 heavy (non-hydrogen) atoms. The summed E-state index contributed by atoms with van der Waals surface area (Å²) in [5.74, 6) is 0.0274. The number of phenolic OH excluding ortho intramolecular Hbond substituents is 2. The van der Waals surface area contributed by atoms with E-state index in [1.807, 2.05) is 41.5 Å².